The number of nitrogens with zero attached hydrogens (tertiary/aromatic N) is 2. The number of benzene rings is 1. The lowest BCUT2D eigenvalue weighted by Crippen LogP contribution is -2.41. The maximum absolute atomic E-state index is 12.1. The molecule has 1 heterocycles. The standard InChI is InChI=1S/C15H16Cl2N4O/c1-15(2,3)21-13(22)12-4-5-18-14(20-12)19-11-7-9(16)6-10(17)8-11/h4-8H,1-3H3,(H,21,22)(H,18,19,20). The first-order chi connectivity index (χ1) is 10.2. The number of aromatic nitrogens is 2. The van der Waals surface area contributed by atoms with Gasteiger partial charge >= 0.3 is 0 Å². The van der Waals surface area contributed by atoms with Crippen LogP contribution in [0.1, 0.15) is 31.3 Å². The molecule has 0 saturated carbocycles. The van der Waals surface area contributed by atoms with Crippen molar-refractivity contribution in [3.05, 3.63) is 46.2 Å². The summed E-state index contributed by atoms with van der Waals surface area (Å²) in [5, 5.41) is 6.81. The van der Waals surface area contributed by atoms with Gasteiger partial charge in [0, 0.05) is 27.5 Å². The Morgan fingerprint density at radius 1 is 1.14 bits per heavy atom. The highest BCUT2D eigenvalue weighted by molar-refractivity contribution is 6.35. The molecule has 0 atom stereocenters. The number of nitrogens with one attached hydrogen (secondary N) is 2. The molecule has 2 aromatic rings. The monoisotopic (exact) mass is 338 g/mol. The number of anilines is 2. The molecule has 0 fully saturated rings. The number of hydrogen-bond acceptors (Lipinski definition) is 4. The molecule has 0 bridgehead atoms. The Hall–Kier alpha value is -1.85. The van der Waals surface area contributed by atoms with Crippen LogP contribution >= 0.6 is 23.2 Å². The fourth-order valence-corrected chi connectivity index (χ4v) is 2.23. The summed E-state index contributed by atoms with van der Waals surface area (Å²) in [6.07, 6.45) is 1.51. The predicted octanol–water partition coefficient (Wildman–Crippen LogP) is 4.06. The van der Waals surface area contributed by atoms with Gasteiger partial charge in [0.05, 0.1) is 0 Å². The van der Waals surface area contributed by atoms with E-state index in [-0.39, 0.29) is 17.1 Å². The van der Waals surface area contributed by atoms with Crippen molar-refractivity contribution < 1.29 is 4.79 Å². The highest BCUT2D eigenvalue weighted by Gasteiger charge is 2.16. The molecule has 22 heavy (non-hydrogen) atoms. The molecule has 0 unspecified atom stereocenters. The van der Waals surface area contributed by atoms with E-state index >= 15 is 0 Å². The van der Waals surface area contributed by atoms with Crippen LogP contribution in [0.3, 0.4) is 0 Å². The summed E-state index contributed by atoms with van der Waals surface area (Å²) in [5.74, 6) is 0.0296. The van der Waals surface area contributed by atoms with E-state index in [4.69, 9.17) is 23.2 Å². The van der Waals surface area contributed by atoms with Gasteiger partial charge in [-0.1, -0.05) is 23.2 Å². The lowest BCUT2D eigenvalue weighted by Gasteiger charge is -2.20. The van der Waals surface area contributed by atoms with Crippen molar-refractivity contribution >= 4 is 40.7 Å². The molecule has 7 heteroatoms. The van der Waals surface area contributed by atoms with E-state index in [2.05, 4.69) is 20.6 Å². The van der Waals surface area contributed by atoms with Gasteiger partial charge in [0.15, 0.2) is 0 Å². The van der Waals surface area contributed by atoms with Crippen molar-refractivity contribution in [2.75, 3.05) is 5.32 Å². The first-order valence-electron chi connectivity index (χ1n) is 6.62. The molecule has 116 valence electrons. The Bertz CT molecular complexity index is 678. The van der Waals surface area contributed by atoms with Crippen LogP contribution in [0, 0.1) is 0 Å². The van der Waals surface area contributed by atoms with E-state index in [0.29, 0.717) is 21.7 Å². The largest absolute Gasteiger partial charge is 0.346 e. The number of halogens is 2. The molecular weight excluding hydrogens is 323 g/mol. The second kappa shape index (κ2) is 6.50. The van der Waals surface area contributed by atoms with E-state index in [9.17, 15) is 4.79 Å². The molecule has 2 N–H and O–H groups in total. The number of carbonyl (C=O) groups excluding carboxylic acids is 1. The molecule has 0 radical (unpaired) electrons. The van der Waals surface area contributed by atoms with Crippen LogP contribution < -0.4 is 10.6 Å². The van der Waals surface area contributed by atoms with Gasteiger partial charge in [-0.25, -0.2) is 9.97 Å². The zero-order valence-corrected chi connectivity index (χ0v) is 14.0. The first-order valence-corrected chi connectivity index (χ1v) is 7.37. The molecule has 0 aliphatic carbocycles. The molecule has 1 amide bonds. The number of carbonyl (C=O) groups is 1. The average molecular weight is 339 g/mol. The van der Waals surface area contributed by atoms with Crippen LogP contribution in [0.25, 0.3) is 0 Å². The Morgan fingerprint density at radius 2 is 1.77 bits per heavy atom. The van der Waals surface area contributed by atoms with Crippen LogP contribution in [0.5, 0.6) is 0 Å². The summed E-state index contributed by atoms with van der Waals surface area (Å²) >= 11 is 11.9. The Balaban J connectivity index is 2.19. The van der Waals surface area contributed by atoms with Gasteiger partial charge in [-0.05, 0) is 45.0 Å². The van der Waals surface area contributed by atoms with E-state index < -0.39 is 0 Å². The third-order valence-electron chi connectivity index (χ3n) is 2.50. The fourth-order valence-electron chi connectivity index (χ4n) is 1.71. The molecule has 0 spiro atoms. The SMILES string of the molecule is CC(C)(C)NC(=O)c1ccnc(Nc2cc(Cl)cc(Cl)c2)n1. The predicted molar refractivity (Wildman–Crippen MR) is 89.0 cm³/mol. The van der Waals surface area contributed by atoms with E-state index in [1.807, 2.05) is 20.8 Å². The van der Waals surface area contributed by atoms with E-state index in [1.165, 1.54) is 6.20 Å². The van der Waals surface area contributed by atoms with Crippen LogP contribution in [-0.4, -0.2) is 21.4 Å². The Labute approximate surface area is 139 Å². The van der Waals surface area contributed by atoms with Gasteiger partial charge in [-0.15, -0.1) is 0 Å². The fraction of sp³-hybridized carbons (Fsp3) is 0.267. The third kappa shape index (κ3) is 4.86. The summed E-state index contributed by atoms with van der Waals surface area (Å²) in [4.78, 5) is 20.4. The summed E-state index contributed by atoms with van der Waals surface area (Å²) in [7, 11) is 0. The molecule has 0 aliphatic heterocycles. The van der Waals surface area contributed by atoms with E-state index in [1.54, 1.807) is 24.3 Å². The maximum Gasteiger partial charge on any atom is 0.270 e. The Kier molecular flexibility index (Phi) is 4.88. The maximum atomic E-state index is 12.1. The second-order valence-electron chi connectivity index (χ2n) is 5.75. The molecule has 0 aliphatic rings. The van der Waals surface area contributed by atoms with Crippen LogP contribution in [-0.2, 0) is 0 Å². The van der Waals surface area contributed by atoms with E-state index in [0.717, 1.165) is 0 Å². The van der Waals surface area contributed by atoms with Gasteiger partial charge in [0.1, 0.15) is 5.69 Å². The molecular formula is C15H16Cl2N4O. The minimum atomic E-state index is -0.337. The van der Waals surface area contributed by atoms with Crippen molar-refractivity contribution in [3.63, 3.8) is 0 Å². The van der Waals surface area contributed by atoms with Crippen molar-refractivity contribution in [3.8, 4) is 0 Å². The number of rotatable bonds is 3. The minimum Gasteiger partial charge on any atom is -0.346 e. The third-order valence-corrected chi connectivity index (χ3v) is 2.93. The van der Waals surface area contributed by atoms with Crippen molar-refractivity contribution in [1.29, 1.82) is 0 Å². The van der Waals surface area contributed by atoms with Crippen LogP contribution in [0.15, 0.2) is 30.5 Å². The quantitative estimate of drug-likeness (QED) is 0.885. The van der Waals surface area contributed by atoms with Gasteiger partial charge in [0.25, 0.3) is 5.91 Å². The zero-order valence-electron chi connectivity index (χ0n) is 12.4. The van der Waals surface area contributed by atoms with Gasteiger partial charge in [0.2, 0.25) is 5.95 Å². The number of hydrogen-bond donors (Lipinski definition) is 2. The molecule has 1 aromatic heterocycles. The topological polar surface area (TPSA) is 66.9 Å². The molecule has 2 rings (SSSR count). The van der Waals surface area contributed by atoms with Crippen molar-refractivity contribution in [2.24, 2.45) is 0 Å². The zero-order chi connectivity index (χ0) is 16.3. The summed E-state index contributed by atoms with van der Waals surface area (Å²) < 4.78 is 0. The normalized spacial score (nSPS) is 11.1. The lowest BCUT2D eigenvalue weighted by molar-refractivity contribution is 0.0914. The minimum absolute atomic E-state index is 0.262. The lowest BCUT2D eigenvalue weighted by atomic mass is 10.1. The first kappa shape index (κ1) is 16.5. The molecule has 5 nitrogen and oxygen atoms in total. The van der Waals surface area contributed by atoms with Gasteiger partial charge in [-0.2, -0.15) is 0 Å². The number of amides is 1. The van der Waals surface area contributed by atoms with Crippen LogP contribution in [0.4, 0.5) is 11.6 Å². The smallest absolute Gasteiger partial charge is 0.270 e. The molecule has 0 saturated heterocycles. The van der Waals surface area contributed by atoms with Gasteiger partial charge in [-0.3, -0.25) is 4.79 Å². The average Bonchev–Trinajstić information content (AvgIpc) is 2.35. The Morgan fingerprint density at radius 3 is 2.36 bits per heavy atom. The highest BCUT2D eigenvalue weighted by Crippen LogP contribution is 2.24. The van der Waals surface area contributed by atoms with Crippen molar-refractivity contribution in [2.45, 2.75) is 26.3 Å². The summed E-state index contributed by atoms with van der Waals surface area (Å²) in [6, 6.07) is 6.57. The van der Waals surface area contributed by atoms with Crippen molar-refractivity contribution in [1.82, 2.24) is 15.3 Å². The molecule has 1 aromatic carbocycles. The summed E-state index contributed by atoms with van der Waals surface area (Å²) in [6.45, 7) is 5.71. The van der Waals surface area contributed by atoms with Crippen LogP contribution in [0.2, 0.25) is 10.0 Å². The second-order valence-corrected chi connectivity index (χ2v) is 6.63. The summed E-state index contributed by atoms with van der Waals surface area (Å²) in [5.41, 5.74) is 0.585. The van der Waals surface area contributed by atoms with Gasteiger partial charge < -0.3 is 10.6 Å². The highest BCUT2D eigenvalue weighted by atomic mass is 35.5.